The number of para-hydroxylation sites is 2. The number of hydrogen-bond acceptors (Lipinski definition) is 5. The van der Waals surface area contributed by atoms with E-state index in [9.17, 15) is 9.59 Å². The molecule has 0 fully saturated rings. The number of nitrogens with zero attached hydrogens (tertiary/aromatic N) is 1. The van der Waals surface area contributed by atoms with Crippen LogP contribution >= 0.6 is 0 Å². The Morgan fingerprint density at radius 3 is 1.41 bits per heavy atom. The Hall–Kier alpha value is -5.46. The largest absolute Gasteiger partial charge is 0.421 e. The molecule has 0 bridgehead atoms. The zero-order chi connectivity index (χ0) is 30.0. The fraction of sp³-hybridized carbons (Fsp3) is 0.0526. The number of cyclic esters (lactones) is 2. The van der Waals surface area contributed by atoms with E-state index in [0.717, 1.165) is 16.8 Å². The Labute approximate surface area is 256 Å². The molecule has 5 nitrogen and oxygen atoms in total. The van der Waals surface area contributed by atoms with Crippen LogP contribution < -0.4 is 15.3 Å². The summed E-state index contributed by atoms with van der Waals surface area (Å²) in [5, 5.41) is 2.76. The Bertz CT molecular complexity index is 2010. The first-order valence-electron chi connectivity index (χ1n) is 14.6. The first kappa shape index (κ1) is 26.2. The maximum absolute atomic E-state index is 13.1. The number of esters is 2. The van der Waals surface area contributed by atoms with E-state index in [0.29, 0.717) is 11.1 Å². The molecular weight excluding hydrogens is 563 g/mol. The van der Waals surface area contributed by atoms with Gasteiger partial charge in [-0.25, -0.2) is 9.59 Å². The zero-order valence-electron chi connectivity index (χ0n) is 24.2. The summed E-state index contributed by atoms with van der Waals surface area (Å²) in [6, 6.07) is 42.7. The number of benzene rings is 5. The Balaban J connectivity index is 1.17. The van der Waals surface area contributed by atoms with Crippen molar-refractivity contribution in [2.24, 2.45) is 0 Å². The van der Waals surface area contributed by atoms with Gasteiger partial charge in [0.25, 0.3) is 0 Å². The number of anilines is 3. The van der Waals surface area contributed by atoms with E-state index in [1.807, 2.05) is 78.9 Å². The molecule has 8 rings (SSSR count). The summed E-state index contributed by atoms with van der Waals surface area (Å²) in [6.07, 6.45) is 0. The van der Waals surface area contributed by atoms with Crippen LogP contribution in [0.3, 0.4) is 0 Å². The number of ether oxygens (including phenoxy) is 2. The predicted octanol–water partition coefficient (Wildman–Crippen LogP) is 7.20. The molecule has 0 aromatic heterocycles. The van der Waals surface area contributed by atoms with E-state index in [1.165, 1.54) is 21.7 Å². The topological polar surface area (TPSA) is 55.8 Å². The highest BCUT2D eigenvalue weighted by Gasteiger charge is 2.45. The van der Waals surface area contributed by atoms with Gasteiger partial charge in [-0.3, -0.25) is 0 Å². The van der Waals surface area contributed by atoms with Crippen molar-refractivity contribution < 1.29 is 19.1 Å². The molecule has 0 atom stereocenters. The highest BCUT2D eigenvalue weighted by atomic mass is 28.3. The summed E-state index contributed by atoms with van der Waals surface area (Å²) in [6.45, 7) is 4.79. The summed E-state index contributed by atoms with van der Waals surface area (Å²) in [7, 11) is -1.89. The van der Waals surface area contributed by atoms with Crippen LogP contribution in [0.4, 0.5) is 17.1 Å². The molecule has 0 radical (unpaired) electrons. The van der Waals surface area contributed by atoms with Gasteiger partial charge in [-0.05, 0) is 57.9 Å². The summed E-state index contributed by atoms with van der Waals surface area (Å²) in [5.41, 5.74) is 7.07. The van der Waals surface area contributed by atoms with Gasteiger partial charge in [0, 0.05) is 28.2 Å². The first-order valence-corrected chi connectivity index (χ1v) is 17.6. The monoisotopic (exact) mass is 589 g/mol. The lowest BCUT2D eigenvalue weighted by molar-refractivity contribution is -0.131. The van der Waals surface area contributed by atoms with Gasteiger partial charge < -0.3 is 14.4 Å². The highest BCUT2D eigenvalue weighted by molar-refractivity contribution is 7.02. The smallest absolute Gasteiger partial charge is 0.348 e. The normalized spacial score (nSPS) is 16.4. The van der Waals surface area contributed by atoms with E-state index in [-0.39, 0.29) is 22.7 Å². The standard InChI is InChI=1S/C38H27NO4Si/c1-44(2)31-14-8-6-12-29(31)39(30-13-7-9-15-32(30)44)28-22-20-27(21-23-28)36-34-33(37(40)43-36)35(42-38(34)41)26-18-16-25(17-19-26)24-10-4-3-5-11-24/h3-23H,1-2H3. The molecule has 6 heteroatoms. The molecule has 44 heavy (non-hydrogen) atoms. The summed E-state index contributed by atoms with van der Waals surface area (Å²) >= 11 is 0. The van der Waals surface area contributed by atoms with Gasteiger partial charge in [0.05, 0.1) is 0 Å². The van der Waals surface area contributed by atoms with Crippen LogP contribution in [0.1, 0.15) is 11.1 Å². The molecular formula is C38H27NO4Si. The van der Waals surface area contributed by atoms with Crippen molar-refractivity contribution in [3.05, 3.63) is 150 Å². The second-order valence-electron chi connectivity index (χ2n) is 11.7. The summed E-state index contributed by atoms with van der Waals surface area (Å²) < 4.78 is 11.4. The lowest BCUT2D eigenvalue weighted by Gasteiger charge is -2.41. The van der Waals surface area contributed by atoms with Crippen molar-refractivity contribution in [3.8, 4) is 11.1 Å². The third-order valence-electron chi connectivity index (χ3n) is 8.78. The molecule has 3 heterocycles. The van der Waals surface area contributed by atoms with Crippen molar-refractivity contribution in [1.29, 1.82) is 0 Å². The van der Waals surface area contributed by atoms with Crippen LogP contribution in [-0.4, -0.2) is 20.0 Å². The zero-order valence-corrected chi connectivity index (χ0v) is 25.2. The summed E-state index contributed by atoms with van der Waals surface area (Å²) in [4.78, 5) is 28.6. The Morgan fingerprint density at radius 2 is 0.886 bits per heavy atom. The van der Waals surface area contributed by atoms with Crippen molar-refractivity contribution >= 4 is 59.0 Å². The fourth-order valence-electron chi connectivity index (χ4n) is 6.57. The van der Waals surface area contributed by atoms with E-state index in [1.54, 1.807) is 0 Å². The van der Waals surface area contributed by atoms with E-state index < -0.39 is 20.0 Å². The molecule has 3 aliphatic rings. The minimum Gasteiger partial charge on any atom is -0.421 e. The van der Waals surface area contributed by atoms with Gasteiger partial charge in [-0.15, -0.1) is 0 Å². The van der Waals surface area contributed by atoms with Crippen LogP contribution in [0.25, 0.3) is 22.6 Å². The number of carbonyl (C=O) groups excluding carboxylic acids is 2. The van der Waals surface area contributed by atoms with E-state index >= 15 is 0 Å². The maximum Gasteiger partial charge on any atom is 0.348 e. The van der Waals surface area contributed by atoms with Crippen LogP contribution in [-0.2, 0) is 19.1 Å². The van der Waals surface area contributed by atoms with Gasteiger partial charge >= 0.3 is 11.9 Å². The molecule has 0 saturated carbocycles. The molecule has 5 aromatic carbocycles. The first-order chi connectivity index (χ1) is 21.4. The van der Waals surface area contributed by atoms with Gasteiger partial charge in [-0.1, -0.05) is 104 Å². The number of rotatable bonds is 4. The Morgan fingerprint density at radius 1 is 0.477 bits per heavy atom. The quantitative estimate of drug-likeness (QED) is 0.164. The average Bonchev–Trinajstić information content (AvgIpc) is 3.59. The number of carbonyl (C=O) groups is 2. The van der Waals surface area contributed by atoms with Crippen LogP contribution in [0.5, 0.6) is 0 Å². The molecule has 0 N–H and O–H groups in total. The lowest BCUT2D eigenvalue weighted by atomic mass is 10.00. The molecule has 212 valence electrons. The van der Waals surface area contributed by atoms with E-state index in [4.69, 9.17) is 9.47 Å². The van der Waals surface area contributed by atoms with Crippen LogP contribution in [0.2, 0.25) is 13.1 Å². The van der Waals surface area contributed by atoms with Crippen molar-refractivity contribution in [1.82, 2.24) is 0 Å². The Kier molecular flexibility index (Phi) is 5.83. The van der Waals surface area contributed by atoms with Gasteiger partial charge in [0.15, 0.2) is 11.5 Å². The molecule has 0 unspecified atom stereocenters. The second kappa shape index (κ2) is 9.79. The third-order valence-corrected chi connectivity index (χ3v) is 12.3. The highest BCUT2D eigenvalue weighted by Crippen LogP contribution is 2.45. The third kappa shape index (κ3) is 3.92. The van der Waals surface area contributed by atoms with Crippen LogP contribution in [0, 0.1) is 0 Å². The fourth-order valence-corrected chi connectivity index (χ4v) is 9.55. The number of hydrogen-bond donors (Lipinski definition) is 0. The minimum atomic E-state index is -1.89. The SMILES string of the molecule is C[Si]1(C)c2ccccc2N(c2ccc(C3=C4C(=O)OC(c5ccc(-c6ccccc6)cc5)=C4C(=O)O3)cc2)c2ccccc21. The maximum atomic E-state index is 13.1. The molecule has 3 aliphatic heterocycles. The van der Waals surface area contributed by atoms with Crippen molar-refractivity contribution in [3.63, 3.8) is 0 Å². The molecule has 5 aromatic rings. The van der Waals surface area contributed by atoms with Gasteiger partial charge in [0.2, 0.25) is 0 Å². The lowest BCUT2D eigenvalue weighted by Crippen LogP contribution is -2.58. The average molecular weight is 590 g/mol. The van der Waals surface area contributed by atoms with E-state index in [2.05, 4.69) is 66.5 Å². The van der Waals surface area contributed by atoms with Crippen LogP contribution in [0.15, 0.2) is 139 Å². The van der Waals surface area contributed by atoms with Crippen molar-refractivity contribution in [2.75, 3.05) is 4.90 Å². The van der Waals surface area contributed by atoms with Gasteiger partial charge in [0.1, 0.15) is 19.2 Å². The second-order valence-corrected chi connectivity index (χ2v) is 16.0. The van der Waals surface area contributed by atoms with Crippen molar-refractivity contribution in [2.45, 2.75) is 13.1 Å². The molecule has 0 aliphatic carbocycles. The molecule has 0 spiro atoms. The molecule has 0 saturated heterocycles. The minimum absolute atomic E-state index is 0.172. The predicted molar refractivity (Wildman–Crippen MR) is 176 cm³/mol. The van der Waals surface area contributed by atoms with Gasteiger partial charge in [-0.2, -0.15) is 0 Å². The number of fused-ring (bicyclic) bond motifs is 3. The summed E-state index contributed by atoms with van der Waals surface area (Å²) in [5.74, 6) is -0.712. The molecule has 0 amide bonds.